The van der Waals surface area contributed by atoms with E-state index in [4.69, 9.17) is 0 Å². The van der Waals surface area contributed by atoms with Crippen molar-refractivity contribution in [3.63, 3.8) is 0 Å². The summed E-state index contributed by atoms with van der Waals surface area (Å²) < 4.78 is 0. The van der Waals surface area contributed by atoms with Crippen molar-refractivity contribution in [1.29, 1.82) is 0 Å². The zero-order valence-electron chi connectivity index (χ0n) is 56.0. The highest BCUT2D eigenvalue weighted by Crippen LogP contribution is 2.57. The van der Waals surface area contributed by atoms with E-state index in [2.05, 4.69) is 0 Å². The standard InChI is InChI=1S/C93H73NO6.ClH/c1-94(2)93(85(68-47-23-7-24-48-68)91(99)74-59-35-13-36-60-74,86(69-49-25-8-26-50-69)92(100)75-61-37-14-38-62-75)77-63-76(78(64-39-15-3-16-40-64)87(95)70-51-27-9-28-52-70)82(79(65-41-17-4-18-42-65)88(96)71-53-29-10-30-54-71)84(81(67-45-21-6-22-46-67)90(98)73-57-33-12-34-58-73)83(77)80(66-43-19-5-20-44-66)89(97)72-55-31-11-32-56-72;/h3-63,78-81,85-86H,1-2H3;1H. The van der Waals surface area contributed by atoms with Gasteiger partial charge in [0.2, 0.25) is 0 Å². The van der Waals surface area contributed by atoms with Gasteiger partial charge in [-0.2, -0.15) is 0 Å². The van der Waals surface area contributed by atoms with Gasteiger partial charge in [-0.1, -0.05) is 364 Å². The molecule has 0 aliphatic heterocycles. The largest absolute Gasteiger partial charge is 1.00 e. The van der Waals surface area contributed by atoms with Crippen molar-refractivity contribution < 1.29 is 46.1 Å². The van der Waals surface area contributed by atoms with E-state index in [-0.39, 0.29) is 58.2 Å². The van der Waals surface area contributed by atoms with Crippen LogP contribution in [-0.4, -0.2) is 48.8 Å². The molecule has 13 aromatic rings. The zero-order valence-corrected chi connectivity index (χ0v) is 56.8. The minimum absolute atomic E-state index is 0. The lowest BCUT2D eigenvalue weighted by molar-refractivity contribution is -0.926. The van der Waals surface area contributed by atoms with Gasteiger partial charge in [0.05, 0.1) is 37.8 Å². The third-order valence-corrected chi connectivity index (χ3v) is 19.6. The predicted octanol–water partition coefficient (Wildman–Crippen LogP) is 15.4. The van der Waals surface area contributed by atoms with Crippen molar-refractivity contribution in [3.05, 3.63) is 465 Å². The number of hydrogen-bond acceptors (Lipinski definition) is 6. The average Bonchev–Trinajstić information content (AvgIpc) is 0.689. The van der Waals surface area contributed by atoms with E-state index in [0.29, 0.717) is 88.4 Å². The predicted molar refractivity (Wildman–Crippen MR) is 397 cm³/mol. The Balaban J connectivity index is 0.00000965. The fourth-order valence-electron chi connectivity index (χ4n) is 15.2. The molecule has 0 aromatic heterocycles. The van der Waals surface area contributed by atoms with Crippen molar-refractivity contribution in [2.75, 3.05) is 14.1 Å². The number of benzene rings is 13. The van der Waals surface area contributed by atoms with E-state index in [1.807, 2.05) is 311 Å². The fourth-order valence-corrected chi connectivity index (χ4v) is 15.2. The Morgan fingerprint density at radius 1 is 0.238 bits per heavy atom. The number of rotatable bonds is 26. The van der Waals surface area contributed by atoms with Gasteiger partial charge in [0, 0.05) is 38.9 Å². The van der Waals surface area contributed by atoms with Crippen LogP contribution in [0.1, 0.15) is 159 Å². The van der Waals surface area contributed by atoms with Crippen LogP contribution >= 0.6 is 0 Å². The molecule has 0 aliphatic rings. The second kappa shape index (κ2) is 31.8. The highest BCUT2D eigenvalue weighted by molar-refractivity contribution is 6.11. The van der Waals surface area contributed by atoms with Crippen molar-refractivity contribution in [3.8, 4) is 0 Å². The highest BCUT2D eigenvalue weighted by Gasteiger charge is 2.62. The lowest BCUT2D eigenvalue weighted by atomic mass is 9.56. The molecule has 7 nitrogen and oxygen atoms in total. The molecule has 0 aliphatic carbocycles. The Bertz CT molecular complexity index is 4860. The van der Waals surface area contributed by atoms with Crippen LogP contribution in [0.15, 0.2) is 370 Å². The molecule has 0 saturated carbocycles. The molecule has 0 amide bonds. The number of nitrogens with one attached hydrogen (secondary N) is 1. The van der Waals surface area contributed by atoms with Crippen LogP contribution in [0.25, 0.3) is 0 Å². The third kappa shape index (κ3) is 14.0. The number of halogens is 1. The summed E-state index contributed by atoms with van der Waals surface area (Å²) in [7, 11) is 3.94. The lowest BCUT2D eigenvalue weighted by Crippen LogP contribution is -3.15. The molecule has 0 heterocycles. The van der Waals surface area contributed by atoms with Crippen LogP contribution in [-0.2, 0) is 5.54 Å². The highest BCUT2D eigenvalue weighted by atomic mass is 35.5. The Labute approximate surface area is 596 Å². The molecule has 13 aromatic carbocycles. The molecule has 6 atom stereocenters. The van der Waals surface area contributed by atoms with Gasteiger partial charge in [-0.05, 0) is 61.7 Å². The summed E-state index contributed by atoms with van der Waals surface area (Å²) in [4.78, 5) is 106. The zero-order chi connectivity index (χ0) is 69.0. The summed E-state index contributed by atoms with van der Waals surface area (Å²) in [5.41, 5.74) is 4.72. The van der Waals surface area contributed by atoms with Crippen molar-refractivity contribution >= 4 is 34.7 Å². The Morgan fingerprint density at radius 3 is 0.693 bits per heavy atom. The minimum atomic E-state index is -2.00. The molecule has 6 unspecified atom stereocenters. The summed E-state index contributed by atoms with van der Waals surface area (Å²) in [6.45, 7) is 0. The number of Topliss-reactive ketones (excluding diaryl/α,β-unsaturated/α-hetero) is 6. The maximum atomic E-state index is 17.6. The number of carbonyl (C=O) groups excluding carboxylic acids is 6. The molecule has 494 valence electrons. The second-order valence-corrected chi connectivity index (χ2v) is 25.6. The van der Waals surface area contributed by atoms with Crippen LogP contribution in [0.5, 0.6) is 0 Å². The first-order valence-corrected chi connectivity index (χ1v) is 33.9. The number of hydrogen-bond donors (Lipinski definition) is 1. The third-order valence-electron chi connectivity index (χ3n) is 19.6. The fraction of sp³-hybridized carbons (Fsp3) is 0.0968. The molecule has 0 fully saturated rings. The Hall–Kier alpha value is -11.9. The van der Waals surface area contributed by atoms with Crippen molar-refractivity contribution in [2.24, 2.45) is 0 Å². The Morgan fingerprint density at radius 2 is 0.436 bits per heavy atom. The minimum Gasteiger partial charge on any atom is -1.00 e. The first-order chi connectivity index (χ1) is 49.1. The van der Waals surface area contributed by atoms with Crippen molar-refractivity contribution in [2.45, 2.75) is 41.0 Å². The van der Waals surface area contributed by atoms with E-state index < -0.39 is 41.0 Å². The van der Waals surface area contributed by atoms with Gasteiger partial charge in [-0.3, -0.25) is 28.8 Å². The van der Waals surface area contributed by atoms with Gasteiger partial charge in [0.15, 0.2) is 40.2 Å². The van der Waals surface area contributed by atoms with E-state index in [1.165, 1.54) is 0 Å². The molecule has 8 heteroatoms. The maximum absolute atomic E-state index is 17.6. The van der Waals surface area contributed by atoms with Crippen LogP contribution in [0.3, 0.4) is 0 Å². The summed E-state index contributed by atoms with van der Waals surface area (Å²) in [6.07, 6.45) is 0. The average molecular weight is 1340 g/mol. The molecule has 13 rings (SSSR count). The summed E-state index contributed by atoms with van der Waals surface area (Å²) in [5.74, 6) is -10.4. The smallest absolute Gasteiger partial charge is 0.177 e. The number of ketones is 6. The lowest BCUT2D eigenvalue weighted by Gasteiger charge is -2.50. The maximum Gasteiger partial charge on any atom is 0.177 e. The van der Waals surface area contributed by atoms with Gasteiger partial charge in [-0.15, -0.1) is 0 Å². The molecule has 0 saturated heterocycles. The van der Waals surface area contributed by atoms with Crippen LogP contribution < -0.4 is 17.3 Å². The number of likely N-dealkylation sites (N-methyl/N-ethyl adjacent to an activating group) is 1. The van der Waals surface area contributed by atoms with E-state index in [0.717, 1.165) is 0 Å². The van der Waals surface area contributed by atoms with Gasteiger partial charge < -0.3 is 17.3 Å². The summed E-state index contributed by atoms with van der Waals surface area (Å²) in [5, 5.41) is 0. The van der Waals surface area contributed by atoms with Gasteiger partial charge in [-0.25, -0.2) is 0 Å². The normalized spacial score (nSPS) is 13.5. The summed E-state index contributed by atoms with van der Waals surface area (Å²) in [6, 6.07) is 114. The van der Waals surface area contributed by atoms with Gasteiger partial charge in [0.25, 0.3) is 0 Å². The quantitative estimate of drug-likeness (QED) is 0.0541. The van der Waals surface area contributed by atoms with E-state index in [1.54, 1.807) is 72.8 Å². The van der Waals surface area contributed by atoms with Gasteiger partial charge in [0.1, 0.15) is 11.8 Å². The topological polar surface area (TPSA) is 107 Å². The molecular formula is C93H74ClNO6. The molecule has 0 bridgehead atoms. The number of quaternary nitrogens is 1. The SMILES string of the molecule is C[NH+](C)C(c1cc(C(C(=O)c2ccccc2)c2ccccc2)c(C(C(=O)c2ccccc2)c2ccccc2)c(C(C(=O)c2ccccc2)c2ccccc2)c1C(C(=O)c1ccccc1)c1ccccc1)(C(C(=O)c1ccccc1)c1ccccc1)C(C(=O)c1ccccc1)c1ccccc1.[Cl-]. The first-order valence-electron chi connectivity index (χ1n) is 33.9. The monoisotopic (exact) mass is 1340 g/mol. The van der Waals surface area contributed by atoms with Crippen molar-refractivity contribution in [1.82, 2.24) is 0 Å². The van der Waals surface area contributed by atoms with E-state index in [9.17, 15) is 0 Å². The first kappa shape index (κ1) is 69.0. The summed E-state index contributed by atoms with van der Waals surface area (Å²) >= 11 is 0. The van der Waals surface area contributed by atoms with Gasteiger partial charge >= 0.3 is 0 Å². The molecule has 0 radical (unpaired) electrons. The molecule has 0 spiro atoms. The number of carbonyl (C=O) groups is 6. The van der Waals surface area contributed by atoms with Crippen LogP contribution in [0, 0.1) is 0 Å². The molecule has 1 N–H and O–H groups in total. The second-order valence-electron chi connectivity index (χ2n) is 25.6. The Kier molecular flexibility index (Phi) is 21.7. The van der Waals surface area contributed by atoms with E-state index >= 15 is 28.8 Å². The molecule has 101 heavy (non-hydrogen) atoms. The van der Waals surface area contributed by atoms with Crippen LogP contribution in [0.2, 0.25) is 0 Å². The van der Waals surface area contributed by atoms with Crippen LogP contribution in [0.4, 0.5) is 0 Å². The molecular weight excluding hydrogens is 1260 g/mol.